The van der Waals surface area contributed by atoms with Crippen LogP contribution >= 0.6 is 0 Å². The van der Waals surface area contributed by atoms with Crippen molar-refractivity contribution in [3.05, 3.63) is 42.2 Å². The lowest BCUT2D eigenvalue weighted by molar-refractivity contribution is -0.193. The van der Waals surface area contributed by atoms with Gasteiger partial charge >= 0.3 is 6.18 Å². The summed E-state index contributed by atoms with van der Waals surface area (Å²) >= 11 is 0. The lowest BCUT2D eigenvalue weighted by atomic mass is 9.97. The molecule has 0 radical (unpaired) electrons. The quantitative estimate of drug-likeness (QED) is 0.605. The second kappa shape index (κ2) is 8.03. The number of benzene rings is 1. The summed E-state index contributed by atoms with van der Waals surface area (Å²) in [4.78, 5) is 20.1. The largest absolute Gasteiger partial charge is 0.395 e. The van der Waals surface area contributed by atoms with Gasteiger partial charge in [-0.1, -0.05) is 0 Å². The average Bonchev–Trinajstić information content (AvgIpc) is 3.68. The summed E-state index contributed by atoms with van der Waals surface area (Å²) in [6.45, 7) is -0.0480. The summed E-state index contributed by atoms with van der Waals surface area (Å²) in [5, 5.41) is 3.88. The Morgan fingerprint density at radius 2 is 1.97 bits per heavy atom. The second-order valence-electron chi connectivity index (χ2n) is 9.34. The summed E-state index contributed by atoms with van der Waals surface area (Å²) in [6, 6.07) is 3.14. The molecule has 0 spiro atoms. The van der Waals surface area contributed by atoms with Crippen LogP contribution in [0.1, 0.15) is 42.5 Å². The fourth-order valence-electron chi connectivity index (χ4n) is 4.77. The maximum absolute atomic E-state index is 15.2. The van der Waals surface area contributed by atoms with Gasteiger partial charge in [-0.2, -0.15) is 18.3 Å². The molecule has 0 unspecified atom stereocenters. The topological polar surface area (TPSA) is 54.3 Å². The fraction of sp³-hybridized carbons (Fsp3) is 0.591. The van der Waals surface area contributed by atoms with Gasteiger partial charge in [0.15, 0.2) is 0 Å². The molecule has 3 fully saturated rings. The third-order valence-corrected chi connectivity index (χ3v) is 6.96. The van der Waals surface area contributed by atoms with Crippen molar-refractivity contribution < 1.29 is 26.7 Å². The van der Waals surface area contributed by atoms with Crippen molar-refractivity contribution in [3.8, 4) is 5.69 Å². The van der Waals surface area contributed by atoms with E-state index in [1.807, 2.05) is 0 Å². The first kappa shape index (κ1) is 22.2. The van der Waals surface area contributed by atoms with Gasteiger partial charge in [0.2, 0.25) is 0 Å². The first-order chi connectivity index (χ1) is 15.7. The van der Waals surface area contributed by atoms with Gasteiger partial charge in [-0.15, -0.1) is 0 Å². The summed E-state index contributed by atoms with van der Waals surface area (Å²) in [7, 11) is 0. The van der Waals surface area contributed by atoms with Crippen LogP contribution in [0, 0.1) is 11.2 Å². The second-order valence-corrected chi connectivity index (χ2v) is 9.34. The number of amides is 1. The number of piperidine rings is 1. The Hall–Kier alpha value is -2.56. The zero-order valence-corrected chi connectivity index (χ0v) is 17.8. The van der Waals surface area contributed by atoms with Crippen molar-refractivity contribution in [2.24, 2.45) is 5.41 Å². The highest BCUT2D eigenvalue weighted by Gasteiger charge is 2.63. The Labute approximate surface area is 187 Å². The molecule has 2 heterocycles. The van der Waals surface area contributed by atoms with Crippen LogP contribution in [0.4, 0.5) is 22.0 Å². The molecule has 1 amide bonds. The number of aromatic nitrogens is 3. The van der Waals surface area contributed by atoms with Crippen molar-refractivity contribution >= 4 is 5.91 Å². The maximum atomic E-state index is 15.2. The number of hydrogen-bond donors (Lipinski definition) is 0. The molecule has 1 aliphatic heterocycles. The smallest absolute Gasteiger partial charge is 0.330 e. The number of nitrogens with zero attached hydrogens (tertiary/aromatic N) is 5. The summed E-state index contributed by atoms with van der Waals surface area (Å²) < 4.78 is 71.0. The van der Waals surface area contributed by atoms with Crippen LogP contribution in [0.15, 0.2) is 30.9 Å². The molecule has 1 aromatic carbocycles. The summed E-state index contributed by atoms with van der Waals surface area (Å²) in [6.07, 6.45) is -1.28. The van der Waals surface area contributed by atoms with E-state index in [0.717, 1.165) is 18.9 Å². The Morgan fingerprint density at radius 1 is 1.21 bits per heavy atom. The van der Waals surface area contributed by atoms with Crippen molar-refractivity contribution in [1.82, 2.24) is 24.6 Å². The lowest BCUT2D eigenvalue weighted by Gasteiger charge is -2.42. The van der Waals surface area contributed by atoms with E-state index in [1.54, 1.807) is 0 Å². The predicted molar refractivity (Wildman–Crippen MR) is 108 cm³/mol. The Morgan fingerprint density at radius 3 is 2.52 bits per heavy atom. The monoisotopic (exact) mass is 469 g/mol. The minimum absolute atomic E-state index is 0.0796. The SMILES string of the molecule is O=C(c1ccc(-n2cncn2)c(F)c1)N(C1CC1)[C@@H]1CCN(CC2(C(F)(F)F)CC2)C[C@@H]1F. The van der Waals surface area contributed by atoms with E-state index >= 15 is 4.39 Å². The van der Waals surface area contributed by atoms with Gasteiger partial charge in [0, 0.05) is 31.2 Å². The molecule has 2 aromatic rings. The maximum Gasteiger partial charge on any atom is 0.395 e. The highest BCUT2D eigenvalue weighted by Crippen LogP contribution is 2.58. The Kier molecular flexibility index (Phi) is 5.42. The minimum atomic E-state index is -4.28. The van der Waals surface area contributed by atoms with Crippen LogP contribution in [0.25, 0.3) is 5.69 Å². The number of carbonyl (C=O) groups excluding carboxylic acids is 1. The summed E-state index contributed by atoms with van der Waals surface area (Å²) in [5.74, 6) is -1.12. The number of halogens is 5. The lowest BCUT2D eigenvalue weighted by Crippen LogP contribution is -2.56. The van der Waals surface area contributed by atoms with E-state index in [0.29, 0.717) is 6.54 Å². The molecule has 6 nitrogen and oxygen atoms in total. The molecule has 178 valence electrons. The van der Waals surface area contributed by atoms with Crippen LogP contribution in [0.3, 0.4) is 0 Å². The van der Waals surface area contributed by atoms with Gasteiger partial charge < -0.3 is 4.90 Å². The molecule has 2 saturated carbocycles. The molecule has 3 aliphatic rings. The Bertz CT molecular complexity index is 1020. The third kappa shape index (κ3) is 4.22. The molecule has 1 saturated heterocycles. The standard InChI is InChI=1S/C22H24F5N5O/c23-16-9-14(1-4-18(16)31-13-28-12-29-31)20(33)32(15-2-3-15)19-5-8-30(10-17(19)24)11-21(6-7-21)22(25,26)27/h1,4,9,12-13,15,17,19H,2-3,5-8,10-11H2/t17-,19+/m0/s1. The number of carbonyl (C=O) groups is 1. The van der Waals surface area contributed by atoms with Gasteiger partial charge in [-0.25, -0.2) is 18.4 Å². The van der Waals surface area contributed by atoms with E-state index < -0.39 is 35.5 Å². The van der Waals surface area contributed by atoms with Crippen molar-refractivity contribution in [1.29, 1.82) is 0 Å². The van der Waals surface area contributed by atoms with Crippen LogP contribution in [0.5, 0.6) is 0 Å². The molecule has 11 heteroatoms. The Balaban J connectivity index is 1.30. The van der Waals surface area contributed by atoms with Crippen LogP contribution in [0.2, 0.25) is 0 Å². The first-order valence-electron chi connectivity index (χ1n) is 11.1. The molecular formula is C22H24F5N5O. The molecule has 2 aliphatic carbocycles. The number of likely N-dealkylation sites (tertiary alicyclic amines) is 1. The van der Waals surface area contributed by atoms with E-state index in [2.05, 4.69) is 10.1 Å². The number of rotatable bonds is 6. The summed E-state index contributed by atoms with van der Waals surface area (Å²) in [5.41, 5.74) is -1.47. The van der Waals surface area contributed by atoms with Gasteiger partial charge in [0.05, 0.1) is 11.5 Å². The third-order valence-electron chi connectivity index (χ3n) is 6.96. The van der Waals surface area contributed by atoms with Crippen molar-refractivity contribution in [2.75, 3.05) is 19.6 Å². The van der Waals surface area contributed by atoms with E-state index in [1.165, 1.54) is 39.3 Å². The molecule has 1 aromatic heterocycles. The average molecular weight is 469 g/mol. The molecule has 0 bridgehead atoms. The molecule has 33 heavy (non-hydrogen) atoms. The highest BCUT2D eigenvalue weighted by molar-refractivity contribution is 5.95. The van der Waals surface area contributed by atoms with E-state index in [4.69, 9.17) is 0 Å². The van der Waals surface area contributed by atoms with Crippen LogP contribution < -0.4 is 0 Å². The van der Waals surface area contributed by atoms with Crippen LogP contribution in [-0.4, -0.2) is 74.5 Å². The van der Waals surface area contributed by atoms with Gasteiger partial charge in [-0.3, -0.25) is 9.69 Å². The zero-order valence-electron chi connectivity index (χ0n) is 17.8. The minimum Gasteiger partial charge on any atom is -0.330 e. The van der Waals surface area contributed by atoms with Crippen LogP contribution in [-0.2, 0) is 0 Å². The molecular weight excluding hydrogens is 445 g/mol. The zero-order chi connectivity index (χ0) is 23.4. The highest BCUT2D eigenvalue weighted by atomic mass is 19.4. The molecule has 0 N–H and O–H groups in total. The van der Waals surface area contributed by atoms with Gasteiger partial charge in [0.25, 0.3) is 5.91 Å². The number of alkyl halides is 4. The van der Waals surface area contributed by atoms with E-state index in [9.17, 15) is 22.4 Å². The predicted octanol–water partition coefficient (Wildman–Crippen LogP) is 3.77. The van der Waals surface area contributed by atoms with E-state index in [-0.39, 0.29) is 49.6 Å². The molecule has 5 rings (SSSR count). The van der Waals surface area contributed by atoms with Gasteiger partial charge in [-0.05, 0) is 50.3 Å². The normalized spacial score (nSPS) is 25.1. The van der Waals surface area contributed by atoms with Crippen molar-refractivity contribution in [3.63, 3.8) is 0 Å². The first-order valence-corrected chi connectivity index (χ1v) is 11.1. The fourth-order valence-corrected chi connectivity index (χ4v) is 4.77. The number of hydrogen-bond acceptors (Lipinski definition) is 4. The van der Waals surface area contributed by atoms with Crippen molar-refractivity contribution in [2.45, 2.75) is 56.5 Å². The van der Waals surface area contributed by atoms with Gasteiger partial charge in [0.1, 0.15) is 30.3 Å². The molecule has 2 atom stereocenters.